The van der Waals surface area contributed by atoms with Gasteiger partial charge in [0.1, 0.15) is 6.10 Å². The van der Waals surface area contributed by atoms with E-state index in [1.807, 2.05) is 18.2 Å². The highest BCUT2D eigenvalue weighted by Crippen LogP contribution is 2.35. The van der Waals surface area contributed by atoms with Crippen molar-refractivity contribution >= 4 is 11.8 Å². The van der Waals surface area contributed by atoms with Gasteiger partial charge in [0.25, 0.3) is 0 Å². The summed E-state index contributed by atoms with van der Waals surface area (Å²) in [5, 5.41) is 18.8. The fourth-order valence-corrected chi connectivity index (χ4v) is 1.96. The lowest BCUT2D eigenvalue weighted by Gasteiger charge is -2.19. The van der Waals surface area contributed by atoms with E-state index in [-0.39, 0.29) is 0 Å². The predicted octanol–water partition coefficient (Wildman–Crippen LogP) is 2.07. The lowest BCUT2D eigenvalue weighted by atomic mass is 10.1. The monoisotopic (exact) mass is 219 g/mol. The minimum absolute atomic E-state index is 0.363. The normalized spacial score (nSPS) is 17.9. The van der Waals surface area contributed by atoms with Crippen LogP contribution in [0, 0.1) is 0 Å². The van der Waals surface area contributed by atoms with E-state index >= 15 is 0 Å². The van der Waals surface area contributed by atoms with Crippen LogP contribution in [0.1, 0.15) is 24.2 Å². The van der Waals surface area contributed by atoms with E-state index < -0.39 is 12.2 Å². The molecule has 16 heavy (non-hydrogen) atoms. The summed E-state index contributed by atoms with van der Waals surface area (Å²) in [5.74, 6) is 0. The van der Waals surface area contributed by atoms with Crippen molar-refractivity contribution < 1.29 is 15.0 Å². The highest BCUT2D eigenvalue weighted by molar-refractivity contribution is 5.84. The third kappa shape index (κ3) is 1.57. The summed E-state index contributed by atoms with van der Waals surface area (Å²) in [7, 11) is 0. The Labute approximate surface area is 93.4 Å². The van der Waals surface area contributed by atoms with Crippen LogP contribution in [-0.4, -0.2) is 27.8 Å². The van der Waals surface area contributed by atoms with Gasteiger partial charge in [-0.2, -0.15) is 0 Å². The summed E-state index contributed by atoms with van der Waals surface area (Å²) in [6.07, 6.45) is -0.139. The Morgan fingerprint density at radius 2 is 2.12 bits per heavy atom. The first-order chi connectivity index (χ1) is 7.65. The van der Waals surface area contributed by atoms with Crippen molar-refractivity contribution in [2.24, 2.45) is 0 Å². The van der Waals surface area contributed by atoms with Crippen LogP contribution in [-0.2, 0) is 0 Å². The van der Waals surface area contributed by atoms with Crippen molar-refractivity contribution in [3.63, 3.8) is 0 Å². The molecule has 1 unspecified atom stereocenters. The minimum atomic E-state index is -1.00. The molecule has 84 valence electrons. The van der Waals surface area contributed by atoms with Crippen molar-refractivity contribution in [3.05, 3.63) is 41.5 Å². The van der Waals surface area contributed by atoms with Gasteiger partial charge in [-0.3, -0.25) is 4.90 Å². The molecular weight excluding hydrogens is 206 g/mol. The predicted molar refractivity (Wildman–Crippen MR) is 59.8 cm³/mol. The number of nitrogens with zero attached hydrogens (tertiary/aromatic N) is 1. The summed E-state index contributed by atoms with van der Waals surface area (Å²) in [5.41, 5.74) is 2.12. The van der Waals surface area contributed by atoms with Crippen molar-refractivity contribution in [1.29, 1.82) is 0 Å². The topological polar surface area (TPSA) is 60.8 Å². The number of benzene rings is 1. The lowest BCUT2D eigenvalue weighted by Crippen LogP contribution is -2.27. The minimum Gasteiger partial charge on any atom is -0.465 e. The Morgan fingerprint density at radius 3 is 2.75 bits per heavy atom. The number of amides is 1. The van der Waals surface area contributed by atoms with Gasteiger partial charge in [-0.1, -0.05) is 24.3 Å². The van der Waals surface area contributed by atoms with Gasteiger partial charge in [0.05, 0.1) is 5.70 Å². The molecule has 2 N–H and O–H groups in total. The summed E-state index contributed by atoms with van der Waals surface area (Å²) in [6, 6.07) is 7.29. The second kappa shape index (κ2) is 3.98. The largest absolute Gasteiger partial charge is 0.465 e. The van der Waals surface area contributed by atoms with Crippen molar-refractivity contribution in [2.45, 2.75) is 13.0 Å². The van der Waals surface area contributed by atoms with Gasteiger partial charge >= 0.3 is 6.09 Å². The number of carboxylic acid groups (broad SMARTS) is 1. The molecule has 0 heterocycles. The average molecular weight is 219 g/mol. The van der Waals surface area contributed by atoms with E-state index in [0.717, 1.165) is 11.1 Å². The molecule has 0 saturated carbocycles. The van der Waals surface area contributed by atoms with Gasteiger partial charge in [0.15, 0.2) is 0 Å². The number of fused-ring (bicyclic) bond motifs is 1. The highest BCUT2D eigenvalue weighted by atomic mass is 16.4. The molecule has 1 aromatic carbocycles. The molecule has 1 aliphatic rings. The van der Waals surface area contributed by atoms with Gasteiger partial charge in [-0.15, -0.1) is 0 Å². The van der Waals surface area contributed by atoms with Gasteiger partial charge in [0, 0.05) is 12.1 Å². The fourth-order valence-electron chi connectivity index (χ4n) is 1.96. The summed E-state index contributed by atoms with van der Waals surface area (Å²) < 4.78 is 0. The maximum atomic E-state index is 11.0. The summed E-state index contributed by atoms with van der Waals surface area (Å²) in [4.78, 5) is 12.3. The molecule has 0 spiro atoms. The number of aliphatic hydroxyl groups excluding tert-OH is 1. The molecule has 0 fully saturated rings. The second-order valence-electron chi connectivity index (χ2n) is 3.61. The zero-order valence-corrected chi connectivity index (χ0v) is 8.92. The fraction of sp³-hybridized carbons (Fsp3) is 0.250. The molecule has 0 bridgehead atoms. The molecule has 1 amide bonds. The van der Waals surface area contributed by atoms with E-state index in [0.29, 0.717) is 12.2 Å². The number of aliphatic hydroxyl groups is 1. The number of carbonyl (C=O) groups is 1. The van der Waals surface area contributed by atoms with E-state index in [1.165, 1.54) is 4.90 Å². The molecular formula is C12H13NO3. The zero-order chi connectivity index (χ0) is 11.7. The molecule has 0 aromatic heterocycles. The standard InChI is InChI=1S/C12H13NO3/c1-2-13(12(15)16)10-7-11(14)9-6-4-3-5-8(9)10/h3-7,11,14H,2H2,1H3,(H,15,16). The Bertz CT molecular complexity index is 453. The van der Waals surface area contributed by atoms with E-state index in [1.54, 1.807) is 19.1 Å². The van der Waals surface area contributed by atoms with E-state index in [9.17, 15) is 9.90 Å². The Morgan fingerprint density at radius 1 is 1.44 bits per heavy atom. The highest BCUT2D eigenvalue weighted by Gasteiger charge is 2.26. The zero-order valence-electron chi connectivity index (χ0n) is 8.92. The van der Waals surface area contributed by atoms with Crippen molar-refractivity contribution in [3.8, 4) is 0 Å². The molecule has 4 nitrogen and oxygen atoms in total. The quantitative estimate of drug-likeness (QED) is 0.800. The summed E-state index contributed by atoms with van der Waals surface area (Å²) in [6.45, 7) is 2.13. The SMILES string of the molecule is CCN(C(=O)O)C1=CC(O)c2ccccc21. The van der Waals surface area contributed by atoms with Crippen molar-refractivity contribution in [2.75, 3.05) is 6.54 Å². The summed E-state index contributed by atoms with van der Waals surface area (Å²) >= 11 is 0. The van der Waals surface area contributed by atoms with Crippen LogP contribution < -0.4 is 0 Å². The first-order valence-electron chi connectivity index (χ1n) is 5.14. The van der Waals surface area contributed by atoms with E-state index in [4.69, 9.17) is 5.11 Å². The van der Waals surface area contributed by atoms with Crippen LogP contribution in [0.15, 0.2) is 30.3 Å². The van der Waals surface area contributed by atoms with Crippen molar-refractivity contribution in [1.82, 2.24) is 4.90 Å². The third-order valence-corrected chi connectivity index (χ3v) is 2.71. The first kappa shape index (κ1) is 10.7. The Balaban J connectivity index is 2.45. The van der Waals surface area contributed by atoms with Crippen LogP contribution in [0.4, 0.5) is 4.79 Å². The van der Waals surface area contributed by atoms with Gasteiger partial charge in [-0.25, -0.2) is 4.79 Å². The van der Waals surface area contributed by atoms with Crippen LogP contribution >= 0.6 is 0 Å². The third-order valence-electron chi connectivity index (χ3n) is 2.71. The van der Waals surface area contributed by atoms with E-state index in [2.05, 4.69) is 0 Å². The van der Waals surface area contributed by atoms with Crippen LogP contribution in [0.25, 0.3) is 5.70 Å². The smallest absolute Gasteiger partial charge is 0.411 e. The molecule has 0 aliphatic heterocycles. The molecule has 0 saturated heterocycles. The molecule has 0 radical (unpaired) electrons. The van der Waals surface area contributed by atoms with Gasteiger partial charge < -0.3 is 10.2 Å². The van der Waals surface area contributed by atoms with Gasteiger partial charge in [-0.05, 0) is 18.6 Å². The lowest BCUT2D eigenvalue weighted by molar-refractivity contribution is 0.168. The Kier molecular flexibility index (Phi) is 2.66. The number of hydrogen-bond donors (Lipinski definition) is 2. The van der Waals surface area contributed by atoms with Crippen LogP contribution in [0.2, 0.25) is 0 Å². The average Bonchev–Trinajstić information content (AvgIpc) is 2.58. The molecule has 1 aromatic rings. The second-order valence-corrected chi connectivity index (χ2v) is 3.61. The number of rotatable bonds is 2. The molecule has 1 atom stereocenters. The molecule has 2 rings (SSSR count). The maximum absolute atomic E-state index is 11.0. The van der Waals surface area contributed by atoms with Gasteiger partial charge in [0.2, 0.25) is 0 Å². The molecule has 4 heteroatoms. The van der Waals surface area contributed by atoms with Crippen LogP contribution in [0.3, 0.4) is 0 Å². The molecule has 1 aliphatic carbocycles. The van der Waals surface area contributed by atoms with Crippen LogP contribution in [0.5, 0.6) is 0 Å². The Hall–Kier alpha value is -1.81. The number of hydrogen-bond acceptors (Lipinski definition) is 2. The first-order valence-corrected chi connectivity index (χ1v) is 5.14. The maximum Gasteiger partial charge on any atom is 0.411 e.